The van der Waals surface area contributed by atoms with Gasteiger partial charge in [-0.3, -0.25) is 4.57 Å². The first kappa shape index (κ1) is 12.5. The van der Waals surface area contributed by atoms with Crippen molar-refractivity contribution in [2.75, 3.05) is 5.32 Å². The predicted octanol–water partition coefficient (Wildman–Crippen LogP) is 4.11. The number of hydrogen-bond donors (Lipinski definition) is 1. The lowest BCUT2D eigenvalue weighted by atomic mass is 10.3. The molecule has 0 amide bonds. The van der Waals surface area contributed by atoms with E-state index >= 15 is 0 Å². The third-order valence-electron chi connectivity index (χ3n) is 2.23. The Balaban J connectivity index is 2.42. The quantitative estimate of drug-likeness (QED) is 0.924. The van der Waals surface area contributed by atoms with Gasteiger partial charge < -0.3 is 5.32 Å². The molecule has 1 aromatic carbocycles. The molecule has 0 saturated carbocycles. The van der Waals surface area contributed by atoms with E-state index in [0.29, 0.717) is 11.1 Å². The molecule has 0 aliphatic carbocycles. The van der Waals surface area contributed by atoms with Crippen molar-refractivity contribution in [1.82, 2.24) is 9.55 Å². The summed E-state index contributed by atoms with van der Waals surface area (Å²) in [7, 11) is 0. The van der Waals surface area contributed by atoms with Gasteiger partial charge in [0, 0.05) is 22.9 Å². The Kier molecular flexibility index (Phi) is 3.74. The fraction of sp³-hybridized carbons (Fsp3) is 0.250. The van der Waals surface area contributed by atoms with Gasteiger partial charge in [-0.25, -0.2) is 4.98 Å². The SMILES string of the molecule is CC(C)Nc1nccn1-c1ccc(Br)cc1Cl. The van der Waals surface area contributed by atoms with Crippen LogP contribution >= 0.6 is 27.5 Å². The average molecular weight is 315 g/mol. The first-order valence-electron chi connectivity index (χ1n) is 5.33. The van der Waals surface area contributed by atoms with Crippen LogP contribution in [0.25, 0.3) is 5.69 Å². The summed E-state index contributed by atoms with van der Waals surface area (Å²) in [4.78, 5) is 4.28. The topological polar surface area (TPSA) is 29.9 Å². The summed E-state index contributed by atoms with van der Waals surface area (Å²) in [6.45, 7) is 4.14. The molecule has 0 radical (unpaired) electrons. The fourth-order valence-electron chi connectivity index (χ4n) is 1.54. The van der Waals surface area contributed by atoms with Crippen LogP contribution in [0.1, 0.15) is 13.8 Å². The number of nitrogens with one attached hydrogen (secondary N) is 1. The highest BCUT2D eigenvalue weighted by atomic mass is 79.9. The monoisotopic (exact) mass is 313 g/mol. The molecule has 5 heteroatoms. The van der Waals surface area contributed by atoms with Crippen molar-refractivity contribution in [3.8, 4) is 5.69 Å². The highest BCUT2D eigenvalue weighted by molar-refractivity contribution is 9.10. The Morgan fingerprint density at radius 3 is 2.82 bits per heavy atom. The Bertz CT molecular complexity index is 522. The van der Waals surface area contributed by atoms with Gasteiger partial charge in [0.15, 0.2) is 0 Å². The van der Waals surface area contributed by atoms with E-state index in [-0.39, 0.29) is 0 Å². The summed E-state index contributed by atoms with van der Waals surface area (Å²) in [6.07, 6.45) is 3.64. The number of hydrogen-bond acceptors (Lipinski definition) is 2. The van der Waals surface area contributed by atoms with Gasteiger partial charge in [-0.2, -0.15) is 0 Å². The summed E-state index contributed by atoms with van der Waals surface area (Å²) in [6, 6.07) is 6.11. The first-order valence-corrected chi connectivity index (χ1v) is 6.50. The summed E-state index contributed by atoms with van der Waals surface area (Å²) >= 11 is 9.62. The highest BCUT2D eigenvalue weighted by Crippen LogP contribution is 2.26. The van der Waals surface area contributed by atoms with Gasteiger partial charge in [-0.1, -0.05) is 27.5 Å². The molecule has 0 aliphatic rings. The lowest BCUT2D eigenvalue weighted by molar-refractivity contribution is 0.864. The molecular weight excluding hydrogens is 302 g/mol. The summed E-state index contributed by atoms with van der Waals surface area (Å²) < 4.78 is 2.90. The molecule has 0 spiro atoms. The second kappa shape index (κ2) is 5.10. The molecule has 1 aromatic heterocycles. The molecular formula is C12H13BrClN3. The molecule has 0 bridgehead atoms. The predicted molar refractivity (Wildman–Crippen MR) is 75.0 cm³/mol. The number of benzene rings is 1. The minimum atomic E-state index is 0.324. The minimum Gasteiger partial charge on any atom is -0.353 e. The van der Waals surface area contributed by atoms with Crippen LogP contribution in [0.15, 0.2) is 35.1 Å². The first-order chi connectivity index (χ1) is 8.08. The smallest absolute Gasteiger partial charge is 0.207 e. The highest BCUT2D eigenvalue weighted by Gasteiger charge is 2.09. The van der Waals surface area contributed by atoms with E-state index < -0.39 is 0 Å². The maximum Gasteiger partial charge on any atom is 0.207 e. The van der Waals surface area contributed by atoms with Crippen molar-refractivity contribution >= 4 is 33.5 Å². The van der Waals surface area contributed by atoms with E-state index in [0.717, 1.165) is 16.1 Å². The lowest BCUT2D eigenvalue weighted by Gasteiger charge is -2.13. The van der Waals surface area contributed by atoms with E-state index in [9.17, 15) is 0 Å². The zero-order chi connectivity index (χ0) is 12.4. The van der Waals surface area contributed by atoms with E-state index in [1.807, 2.05) is 29.0 Å². The number of nitrogens with zero attached hydrogens (tertiary/aromatic N) is 2. The van der Waals surface area contributed by atoms with Crippen molar-refractivity contribution < 1.29 is 0 Å². The average Bonchev–Trinajstić information content (AvgIpc) is 2.65. The molecule has 0 saturated heterocycles. The van der Waals surface area contributed by atoms with Gasteiger partial charge in [-0.15, -0.1) is 0 Å². The third kappa shape index (κ3) is 2.82. The Labute approximate surface area is 114 Å². The molecule has 2 rings (SSSR count). The summed E-state index contributed by atoms with van der Waals surface area (Å²) in [5.41, 5.74) is 0.913. The van der Waals surface area contributed by atoms with Gasteiger partial charge in [-0.05, 0) is 32.0 Å². The molecule has 90 valence electrons. The normalized spacial score (nSPS) is 10.9. The Hall–Kier alpha value is -1.000. The summed E-state index contributed by atoms with van der Waals surface area (Å²) in [5, 5.41) is 3.96. The number of imidazole rings is 1. The molecule has 1 heterocycles. The van der Waals surface area contributed by atoms with Crippen LogP contribution in [-0.4, -0.2) is 15.6 Å². The van der Waals surface area contributed by atoms with Gasteiger partial charge in [0.25, 0.3) is 0 Å². The molecule has 0 aliphatic heterocycles. The zero-order valence-corrected chi connectivity index (χ0v) is 12.0. The molecule has 3 nitrogen and oxygen atoms in total. The molecule has 1 N–H and O–H groups in total. The van der Waals surface area contributed by atoms with Crippen LogP contribution in [-0.2, 0) is 0 Å². The van der Waals surface area contributed by atoms with Crippen molar-refractivity contribution in [2.24, 2.45) is 0 Å². The lowest BCUT2D eigenvalue weighted by Crippen LogP contribution is -2.14. The Morgan fingerprint density at radius 2 is 2.18 bits per heavy atom. The van der Waals surface area contributed by atoms with Crippen molar-refractivity contribution in [2.45, 2.75) is 19.9 Å². The standard InChI is InChI=1S/C12H13BrClN3/c1-8(2)16-12-15-5-6-17(12)11-4-3-9(13)7-10(11)14/h3-8H,1-2H3,(H,15,16). The fourth-order valence-corrected chi connectivity index (χ4v) is 2.30. The van der Waals surface area contributed by atoms with E-state index in [1.165, 1.54) is 0 Å². The number of halogens is 2. The molecule has 0 atom stereocenters. The summed E-state index contributed by atoms with van der Waals surface area (Å²) in [5.74, 6) is 0.796. The van der Waals surface area contributed by atoms with Crippen LogP contribution in [0.4, 0.5) is 5.95 Å². The van der Waals surface area contributed by atoms with Crippen LogP contribution in [0, 0.1) is 0 Å². The van der Waals surface area contributed by atoms with Gasteiger partial charge >= 0.3 is 0 Å². The number of rotatable bonds is 3. The van der Waals surface area contributed by atoms with Gasteiger partial charge in [0.1, 0.15) is 0 Å². The van der Waals surface area contributed by atoms with E-state index in [1.54, 1.807) is 6.20 Å². The number of aromatic nitrogens is 2. The largest absolute Gasteiger partial charge is 0.353 e. The van der Waals surface area contributed by atoms with E-state index in [2.05, 4.69) is 40.1 Å². The molecule has 2 aromatic rings. The second-order valence-electron chi connectivity index (χ2n) is 4.02. The maximum atomic E-state index is 6.22. The van der Waals surface area contributed by atoms with Gasteiger partial charge in [0.05, 0.1) is 10.7 Å². The third-order valence-corrected chi connectivity index (χ3v) is 3.02. The van der Waals surface area contributed by atoms with Gasteiger partial charge in [0.2, 0.25) is 5.95 Å². The molecule has 17 heavy (non-hydrogen) atoms. The number of anilines is 1. The van der Waals surface area contributed by atoms with Crippen LogP contribution < -0.4 is 5.32 Å². The van der Waals surface area contributed by atoms with Crippen molar-refractivity contribution in [3.05, 3.63) is 40.1 Å². The van der Waals surface area contributed by atoms with Crippen LogP contribution in [0.3, 0.4) is 0 Å². The van der Waals surface area contributed by atoms with Crippen molar-refractivity contribution in [3.63, 3.8) is 0 Å². The minimum absolute atomic E-state index is 0.324. The Morgan fingerprint density at radius 1 is 1.41 bits per heavy atom. The van der Waals surface area contributed by atoms with E-state index in [4.69, 9.17) is 11.6 Å². The van der Waals surface area contributed by atoms with Crippen LogP contribution in [0.2, 0.25) is 5.02 Å². The maximum absolute atomic E-state index is 6.22. The van der Waals surface area contributed by atoms with Crippen molar-refractivity contribution in [1.29, 1.82) is 0 Å². The zero-order valence-electron chi connectivity index (χ0n) is 9.61. The van der Waals surface area contributed by atoms with Crippen LogP contribution in [0.5, 0.6) is 0 Å². The molecule has 0 fully saturated rings. The second-order valence-corrected chi connectivity index (χ2v) is 5.34. The molecule has 0 unspecified atom stereocenters.